The van der Waals surface area contributed by atoms with E-state index in [1.54, 1.807) is 36.0 Å². The third kappa shape index (κ3) is 4.13. The Hall–Kier alpha value is -3.61. The van der Waals surface area contributed by atoms with Crippen molar-refractivity contribution in [2.75, 3.05) is 6.61 Å². The molecule has 150 valence electrons. The van der Waals surface area contributed by atoms with Crippen LogP contribution in [0.25, 0.3) is 5.69 Å². The lowest BCUT2D eigenvalue weighted by Crippen LogP contribution is -2.35. The molecule has 0 saturated carbocycles. The largest absolute Gasteiger partial charge is 0.452 e. The first-order valence-corrected chi connectivity index (χ1v) is 9.17. The van der Waals surface area contributed by atoms with Crippen LogP contribution in [0.1, 0.15) is 37.8 Å². The first kappa shape index (κ1) is 20.1. The summed E-state index contributed by atoms with van der Waals surface area (Å²) in [4.78, 5) is 36.6. The van der Waals surface area contributed by atoms with Gasteiger partial charge in [-0.2, -0.15) is 0 Å². The molecule has 0 saturated heterocycles. The van der Waals surface area contributed by atoms with Crippen molar-refractivity contribution >= 4 is 17.8 Å². The van der Waals surface area contributed by atoms with E-state index in [-0.39, 0.29) is 0 Å². The lowest BCUT2D eigenvalue weighted by Gasteiger charge is -2.12. The predicted molar refractivity (Wildman–Crippen MR) is 108 cm³/mol. The van der Waals surface area contributed by atoms with Crippen LogP contribution < -0.4 is 5.32 Å². The number of carbonyl (C=O) groups excluding carboxylic acids is 3. The number of nitrogens with zero attached hydrogens (tertiary/aromatic N) is 2. The van der Waals surface area contributed by atoms with Gasteiger partial charge in [-0.25, -0.2) is 4.79 Å². The second-order valence-corrected chi connectivity index (χ2v) is 6.86. The SMILES string of the molecule is Cc1ccccc1-n1c(C)cc(C(=O)OCC(=O)NC(=O)c2cccn2C)c1C. The maximum atomic E-state index is 12.5. The van der Waals surface area contributed by atoms with Crippen LogP contribution in [0.2, 0.25) is 0 Å². The van der Waals surface area contributed by atoms with Crippen molar-refractivity contribution in [3.05, 3.63) is 76.9 Å². The second kappa shape index (κ2) is 8.18. The van der Waals surface area contributed by atoms with E-state index in [1.165, 1.54) is 0 Å². The Morgan fingerprint density at radius 1 is 1.03 bits per heavy atom. The van der Waals surface area contributed by atoms with Gasteiger partial charge in [-0.15, -0.1) is 0 Å². The van der Waals surface area contributed by atoms with Crippen molar-refractivity contribution in [3.63, 3.8) is 0 Å². The van der Waals surface area contributed by atoms with Gasteiger partial charge in [0.05, 0.1) is 5.56 Å². The highest BCUT2D eigenvalue weighted by molar-refractivity contribution is 6.04. The maximum Gasteiger partial charge on any atom is 0.340 e. The zero-order valence-corrected chi connectivity index (χ0v) is 16.9. The quantitative estimate of drug-likeness (QED) is 0.676. The molecule has 2 amide bonds. The minimum Gasteiger partial charge on any atom is -0.452 e. The average molecular weight is 393 g/mol. The standard InChI is InChI=1S/C22H23N3O4/c1-14-8-5-6-9-18(14)25-15(2)12-17(16(25)3)22(28)29-13-20(26)23-21(27)19-10-7-11-24(19)4/h5-12H,13H2,1-4H3,(H,23,26,27). The number of ether oxygens (including phenoxy) is 1. The molecule has 0 radical (unpaired) electrons. The Morgan fingerprint density at radius 2 is 1.76 bits per heavy atom. The van der Waals surface area contributed by atoms with Crippen molar-refractivity contribution in [2.45, 2.75) is 20.8 Å². The molecule has 0 aliphatic rings. The molecule has 0 fully saturated rings. The van der Waals surface area contributed by atoms with Crippen LogP contribution in [0.3, 0.4) is 0 Å². The Kier molecular flexibility index (Phi) is 5.68. The van der Waals surface area contributed by atoms with Crippen LogP contribution in [-0.4, -0.2) is 33.5 Å². The smallest absolute Gasteiger partial charge is 0.340 e. The van der Waals surface area contributed by atoms with Gasteiger partial charge in [0.1, 0.15) is 5.69 Å². The molecular weight excluding hydrogens is 370 g/mol. The first-order valence-electron chi connectivity index (χ1n) is 9.17. The maximum absolute atomic E-state index is 12.5. The summed E-state index contributed by atoms with van der Waals surface area (Å²) in [7, 11) is 1.70. The highest BCUT2D eigenvalue weighted by Gasteiger charge is 2.20. The van der Waals surface area contributed by atoms with E-state index in [9.17, 15) is 14.4 Å². The number of aryl methyl sites for hydroxylation is 3. The van der Waals surface area contributed by atoms with Gasteiger partial charge in [0, 0.05) is 30.3 Å². The third-order valence-corrected chi connectivity index (χ3v) is 4.77. The Bertz CT molecular complexity index is 1090. The number of nitrogens with one attached hydrogen (secondary N) is 1. The summed E-state index contributed by atoms with van der Waals surface area (Å²) >= 11 is 0. The molecule has 0 aliphatic carbocycles. The molecular formula is C22H23N3O4. The van der Waals surface area contributed by atoms with Gasteiger partial charge >= 0.3 is 5.97 Å². The van der Waals surface area contributed by atoms with E-state index in [4.69, 9.17) is 4.74 Å². The topological polar surface area (TPSA) is 82.3 Å². The van der Waals surface area contributed by atoms with Gasteiger partial charge in [-0.1, -0.05) is 18.2 Å². The number of imide groups is 1. The number of para-hydroxylation sites is 1. The van der Waals surface area contributed by atoms with E-state index in [0.717, 1.165) is 22.6 Å². The zero-order chi connectivity index (χ0) is 21.1. The van der Waals surface area contributed by atoms with E-state index in [0.29, 0.717) is 11.3 Å². The molecule has 0 atom stereocenters. The fraction of sp³-hybridized carbons (Fsp3) is 0.227. The number of amides is 2. The van der Waals surface area contributed by atoms with Gasteiger partial charge in [-0.3, -0.25) is 14.9 Å². The summed E-state index contributed by atoms with van der Waals surface area (Å²) in [5.41, 5.74) is 4.38. The minimum absolute atomic E-state index is 0.339. The Labute approximate surface area is 168 Å². The van der Waals surface area contributed by atoms with E-state index >= 15 is 0 Å². The normalized spacial score (nSPS) is 10.6. The third-order valence-electron chi connectivity index (χ3n) is 4.77. The molecule has 1 N–H and O–H groups in total. The summed E-state index contributed by atoms with van der Waals surface area (Å²) in [5, 5.41) is 2.21. The molecule has 2 aromatic heterocycles. The fourth-order valence-electron chi connectivity index (χ4n) is 3.29. The highest BCUT2D eigenvalue weighted by Crippen LogP contribution is 2.23. The summed E-state index contributed by atoms with van der Waals surface area (Å²) in [6, 6.07) is 12.9. The molecule has 0 aliphatic heterocycles. The highest BCUT2D eigenvalue weighted by atomic mass is 16.5. The van der Waals surface area contributed by atoms with Crippen LogP contribution in [0.15, 0.2) is 48.7 Å². The van der Waals surface area contributed by atoms with Crippen molar-refractivity contribution in [1.82, 2.24) is 14.5 Å². The Morgan fingerprint density at radius 3 is 2.41 bits per heavy atom. The fourth-order valence-corrected chi connectivity index (χ4v) is 3.29. The van der Waals surface area contributed by atoms with Gasteiger partial charge < -0.3 is 13.9 Å². The molecule has 29 heavy (non-hydrogen) atoms. The van der Waals surface area contributed by atoms with Crippen LogP contribution >= 0.6 is 0 Å². The van der Waals surface area contributed by atoms with E-state index < -0.39 is 24.4 Å². The second-order valence-electron chi connectivity index (χ2n) is 6.86. The molecule has 0 spiro atoms. The van der Waals surface area contributed by atoms with Crippen LogP contribution in [-0.2, 0) is 16.6 Å². The number of rotatable bonds is 5. The van der Waals surface area contributed by atoms with Crippen molar-refractivity contribution in [2.24, 2.45) is 7.05 Å². The summed E-state index contributed by atoms with van der Waals surface area (Å²) < 4.78 is 8.70. The number of hydrogen-bond acceptors (Lipinski definition) is 4. The number of carbonyl (C=O) groups is 3. The van der Waals surface area contributed by atoms with Crippen molar-refractivity contribution in [3.8, 4) is 5.69 Å². The molecule has 1 aromatic carbocycles. The number of aromatic nitrogens is 2. The molecule has 2 heterocycles. The molecule has 0 bridgehead atoms. The van der Waals surface area contributed by atoms with E-state index in [2.05, 4.69) is 5.32 Å². The zero-order valence-electron chi connectivity index (χ0n) is 16.9. The van der Waals surface area contributed by atoms with Crippen LogP contribution in [0.5, 0.6) is 0 Å². The summed E-state index contributed by atoms with van der Waals surface area (Å²) in [6.07, 6.45) is 1.70. The predicted octanol–water partition coefficient (Wildman–Crippen LogP) is 2.85. The van der Waals surface area contributed by atoms with Crippen molar-refractivity contribution in [1.29, 1.82) is 0 Å². The number of benzene rings is 1. The lowest BCUT2D eigenvalue weighted by atomic mass is 10.2. The lowest BCUT2D eigenvalue weighted by molar-refractivity contribution is -0.123. The van der Waals surface area contributed by atoms with Gasteiger partial charge in [0.15, 0.2) is 6.61 Å². The first-order chi connectivity index (χ1) is 13.8. The van der Waals surface area contributed by atoms with Gasteiger partial charge in [0.2, 0.25) is 0 Å². The number of esters is 1. The monoisotopic (exact) mass is 393 g/mol. The molecule has 3 aromatic rings. The molecule has 7 heteroatoms. The average Bonchev–Trinajstić information content (AvgIpc) is 3.23. The Balaban J connectivity index is 1.68. The molecule has 0 unspecified atom stereocenters. The molecule has 7 nitrogen and oxygen atoms in total. The van der Waals surface area contributed by atoms with Crippen molar-refractivity contribution < 1.29 is 19.1 Å². The number of hydrogen-bond donors (Lipinski definition) is 1. The van der Waals surface area contributed by atoms with Crippen LogP contribution in [0, 0.1) is 20.8 Å². The minimum atomic E-state index is -0.683. The van der Waals surface area contributed by atoms with E-state index in [1.807, 2.05) is 49.6 Å². The summed E-state index contributed by atoms with van der Waals surface area (Å²) in [6.45, 7) is 5.19. The van der Waals surface area contributed by atoms with Crippen LogP contribution in [0.4, 0.5) is 0 Å². The molecule has 3 rings (SSSR count). The van der Waals surface area contributed by atoms with Gasteiger partial charge in [0.25, 0.3) is 11.8 Å². The summed E-state index contributed by atoms with van der Waals surface area (Å²) in [5.74, 6) is -1.84. The van der Waals surface area contributed by atoms with Gasteiger partial charge in [-0.05, 0) is 50.6 Å².